The molecule has 1 aromatic heterocycles. The van der Waals surface area contributed by atoms with Gasteiger partial charge in [0.1, 0.15) is 0 Å². The summed E-state index contributed by atoms with van der Waals surface area (Å²) in [5.41, 5.74) is 5.36. The topological polar surface area (TPSA) is 58.4 Å². The van der Waals surface area contributed by atoms with E-state index in [9.17, 15) is 4.79 Å². The molecule has 3 rings (SSSR count). The number of thiophene rings is 1. The molecule has 4 nitrogen and oxygen atoms in total. The molecule has 2 atom stereocenters. The molecule has 3 N–H and O–H groups in total. The summed E-state index contributed by atoms with van der Waals surface area (Å²) in [5.74, 6) is 5.83. The molecule has 0 bridgehead atoms. The SMILES string of the molecule is NCC#Cc1ccc(C(=O)NC2CCN3CCCCC23)s1. The number of carbonyl (C=O) groups excluding carboxylic acids is 1. The molecule has 0 radical (unpaired) electrons. The highest BCUT2D eigenvalue weighted by atomic mass is 32.1. The molecule has 2 aliphatic rings. The minimum atomic E-state index is 0.0400. The first kappa shape index (κ1) is 14.6. The lowest BCUT2D eigenvalue weighted by molar-refractivity contribution is 0.0919. The van der Waals surface area contributed by atoms with E-state index in [1.807, 2.05) is 12.1 Å². The Morgan fingerprint density at radius 2 is 2.29 bits per heavy atom. The highest BCUT2D eigenvalue weighted by Crippen LogP contribution is 2.27. The van der Waals surface area contributed by atoms with Crippen LogP contribution in [0.5, 0.6) is 0 Å². The standard InChI is InChI=1S/C16H21N3OS/c17-9-3-4-12-6-7-15(21-12)16(20)18-13-8-11-19-10-2-1-5-14(13)19/h6-7,13-14H,1-2,5,8-11,17H2,(H,18,20). The second kappa shape index (κ2) is 6.61. The summed E-state index contributed by atoms with van der Waals surface area (Å²) >= 11 is 1.44. The van der Waals surface area contributed by atoms with Crippen LogP contribution in [0.3, 0.4) is 0 Å². The lowest BCUT2D eigenvalue weighted by atomic mass is 9.99. The van der Waals surface area contributed by atoms with Crippen LogP contribution < -0.4 is 11.1 Å². The molecule has 2 unspecified atom stereocenters. The third-order valence-electron chi connectivity index (χ3n) is 4.32. The summed E-state index contributed by atoms with van der Waals surface area (Å²) < 4.78 is 0. The number of fused-ring (bicyclic) bond motifs is 1. The van der Waals surface area contributed by atoms with Crippen LogP contribution in [0.2, 0.25) is 0 Å². The number of hydrogen-bond donors (Lipinski definition) is 2. The maximum atomic E-state index is 12.4. The monoisotopic (exact) mass is 303 g/mol. The van der Waals surface area contributed by atoms with Gasteiger partial charge in [-0.2, -0.15) is 0 Å². The van der Waals surface area contributed by atoms with E-state index in [4.69, 9.17) is 5.73 Å². The molecule has 2 aliphatic heterocycles. The molecule has 0 spiro atoms. The first-order valence-electron chi connectivity index (χ1n) is 7.61. The molecule has 0 aliphatic carbocycles. The van der Waals surface area contributed by atoms with Crippen molar-refractivity contribution in [3.8, 4) is 11.8 Å². The fourth-order valence-corrected chi connectivity index (χ4v) is 4.10. The second-order valence-corrected chi connectivity index (χ2v) is 6.72. The first-order chi connectivity index (χ1) is 10.3. The van der Waals surface area contributed by atoms with Gasteiger partial charge in [-0.3, -0.25) is 9.69 Å². The highest BCUT2D eigenvalue weighted by Gasteiger charge is 2.36. The normalized spacial score (nSPS) is 25.0. The smallest absolute Gasteiger partial charge is 0.261 e. The molecule has 5 heteroatoms. The molecule has 112 valence electrons. The van der Waals surface area contributed by atoms with Gasteiger partial charge in [-0.1, -0.05) is 18.3 Å². The van der Waals surface area contributed by atoms with Crippen LogP contribution in [0.15, 0.2) is 12.1 Å². The van der Waals surface area contributed by atoms with E-state index >= 15 is 0 Å². The van der Waals surface area contributed by atoms with Crippen molar-refractivity contribution in [2.24, 2.45) is 5.73 Å². The Hall–Kier alpha value is -1.35. The molecule has 0 saturated carbocycles. The van der Waals surface area contributed by atoms with E-state index in [-0.39, 0.29) is 5.91 Å². The van der Waals surface area contributed by atoms with Crippen LogP contribution in [0.4, 0.5) is 0 Å². The van der Waals surface area contributed by atoms with Gasteiger partial charge in [0.15, 0.2) is 0 Å². The first-order valence-corrected chi connectivity index (χ1v) is 8.43. The third-order valence-corrected chi connectivity index (χ3v) is 5.32. The molecule has 1 aromatic rings. The number of hydrogen-bond acceptors (Lipinski definition) is 4. The van der Waals surface area contributed by atoms with Crippen molar-refractivity contribution in [2.45, 2.75) is 37.8 Å². The Balaban J connectivity index is 1.62. The average molecular weight is 303 g/mol. The van der Waals surface area contributed by atoms with E-state index in [1.165, 1.54) is 37.1 Å². The van der Waals surface area contributed by atoms with E-state index in [0.717, 1.165) is 22.7 Å². The Bertz CT molecular complexity index is 572. The van der Waals surface area contributed by atoms with Crippen molar-refractivity contribution in [2.75, 3.05) is 19.6 Å². The number of nitrogens with one attached hydrogen (secondary N) is 1. The number of carbonyl (C=O) groups is 1. The Kier molecular flexibility index (Phi) is 4.59. The van der Waals surface area contributed by atoms with Crippen molar-refractivity contribution in [1.82, 2.24) is 10.2 Å². The summed E-state index contributed by atoms with van der Waals surface area (Å²) in [5, 5.41) is 3.22. The average Bonchev–Trinajstić information content (AvgIpc) is 3.13. The fourth-order valence-electron chi connectivity index (χ4n) is 3.32. The predicted molar refractivity (Wildman–Crippen MR) is 85.3 cm³/mol. The van der Waals surface area contributed by atoms with Gasteiger partial charge in [-0.05, 0) is 37.9 Å². The van der Waals surface area contributed by atoms with Crippen LogP contribution >= 0.6 is 11.3 Å². The molecule has 3 heterocycles. The Morgan fingerprint density at radius 3 is 3.14 bits per heavy atom. The largest absolute Gasteiger partial charge is 0.347 e. The number of piperidine rings is 1. The summed E-state index contributed by atoms with van der Waals surface area (Å²) in [6, 6.07) is 4.59. The molecule has 2 fully saturated rings. The predicted octanol–water partition coefficient (Wildman–Crippen LogP) is 1.41. The number of nitrogens with two attached hydrogens (primary N) is 1. The van der Waals surface area contributed by atoms with Gasteiger partial charge in [-0.25, -0.2) is 0 Å². The van der Waals surface area contributed by atoms with E-state index in [2.05, 4.69) is 22.1 Å². The van der Waals surface area contributed by atoms with Crippen LogP contribution in [0, 0.1) is 11.8 Å². The summed E-state index contributed by atoms with van der Waals surface area (Å²) in [6.07, 6.45) is 4.86. The second-order valence-electron chi connectivity index (χ2n) is 5.64. The van der Waals surface area contributed by atoms with Crippen molar-refractivity contribution < 1.29 is 4.79 Å². The quantitative estimate of drug-likeness (QED) is 0.812. The lowest BCUT2D eigenvalue weighted by Gasteiger charge is -2.32. The third kappa shape index (κ3) is 3.29. The maximum absolute atomic E-state index is 12.4. The maximum Gasteiger partial charge on any atom is 0.261 e. The molecule has 21 heavy (non-hydrogen) atoms. The molecular formula is C16H21N3OS. The highest BCUT2D eigenvalue weighted by molar-refractivity contribution is 7.14. The summed E-state index contributed by atoms with van der Waals surface area (Å²) in [6.45, 7) is 2.65. The van der Waals surface area contributed by atoms with Gasteiger partial charge in [0.2, 0.25) is 0 Å². The van der Waals surface area contributed by atoms with Gasteiger partial charge < -0.3 is 11.1 Å². The number of nitrogens with zero attached hydrogens (tertiary/aromatic N) is 1. The van der Waals surface area contributed by atoms with Crippen molar-refractivity contribution in [1.29, 1.82) is 0 Å². The fraction of sp³-hybridized carbons (Fsp3) is 0.562. The zero-order valence-corrected chi connectivity index (χ0v) is 12.9. The Labute approximate surface area is 129 Å². The summed E-state index contributed by atoms with van der Waals surface area (Å²) in [7, 11) is 0. The van der Waals surface area contributed by atoms with Crippen molar-refractivity contribution in [3.63, 3.8) is 0 Å². The van der Waals surface area contributed by atoms with E-state index in [0.29, 0.717) is 18.6 Å². The van der Waals surface area contributed by atoms with E-state index < -0.39 is 0 Å². The molecule has 1 amide bonds. The lowest BCUT2D eigenvalue weighted by Crippen LogP contribution is -2.46. The van der Waals surface area contributed by atoms with Crippen LogP contribution in [0.1, 0.15) is 40.2 Å². The van der Waals surface area contributed by atoms with Gasteiger partial charge in [-0.15, -0.1) is 11.3 Å². The zero-order chi connectivity index (χ0) is 14.7. The zero-order valence-electron chi connectivity index (χ0n) is 12.1. The molecular weight excluding hydrogens is 282 g/mol. The van der Waals surface area contributed by atoms with E-state index in [1.54, 1.807) is 0 Å². The van der Waals surface area contributed by atoms with Crippen molar-refractivity contribution in [3.05, 3.63) is 21.9 Å². The summed E-state index contributed by atoms with van der Waals surface area (Å²) in [4.78, 5) is 16.5. The minimum Gasteiger partial charge on any atom is -0.347 e. The number of amides is 1. The minimum absolute atomic E-state index is 0.0400. The van der Waals surface area contributed by atoms with Crippen LogP contribution in [-0.2, 0) is 0 Å². The van der Waals surface area contributed by atoms with Crippen LogP contribution in [-0.4, -0.2) is 42.5 Å². The van der Waals surface area contributed by atoms with Crippen molar-refractivity contribution >= 4 is 17.2 Å². The van der Waals surface area contributed by atoms with Gasteiger partial charge in [0.25, 0.3) is 5.91 Å². The van der Waals surface area contributed by atoms with Crippen LogP contribution in [0.25, 0.3) is 0 Å². The van der Waals surface area contributed by atoms with Gasteiger partial charge in [0, 0.05) is 18.6 Å². The van der Waals surface area contributed by atoms with Gasteiger partial charge >= 0.3 is 0 Å². The molecule has 2 saturated heterocycles. The Morgan fingerprint density at radius 1 is 1.38 bits per heavy atom. The number of rotatable bonds is 2. The van der Waals surface area contributed by atoms with Gasteiger partial charge in [0.05, 0.1) is 16.3 Å². The molecule has 0 aromatic carbocycles.